The van der Waals surface area contributed by atoms with Crippen molar-refractivity contribution in [2.75, 3.05) is 11.6 Å². The van der Waals surface area contributed by atoms with E-state index in [0.29, 0.717) is 18.5 Å². The van der Waals surface area contributed by atoms with Crippen LogP contribution in [0.25, 0.3) is 5.57 Å². The predicted octanol–water partition coefficient (Wildman–Crippen LogP) is 2.60. The zero-order chi connectivity index (χ0) is 16.7. The van der Waals surface area contributed by atoms with E-state index in [1.807, 2.05) is 12.3 Å². The molecule has 3 rings (SSSR count). The van der Waals surface area contributed by atoms with E-state index in [4.69, 9.17) is 0 Å². The van der Waals surface area contributed by atoms with E-state index in [-0.39, 0.29) is 11.9 Å². The summed E-state index contributed by atoms with van der Waals surface area (Å²) >= 11 is 0. The maximum Gasteiger partial charge on any atom is 0.224 e. The van der Waals surface area contributed by atoms with Crippen molar-refractivity contribution >= 4 is 17.3 Å². The van der Waals surface area contributed by atoms with Gasteiger partial charge in [-0.25, -0.2) is 9.99 Å². The molecule has 5 nitrogen and oxygen atoms in total. The highest BCUT2D eigenvalue weighted by Crippen LogP contribution is 2.39. The van der Waals surface area contributed by atoms with Crippen LogP contribution >= 0.6 is 0 Å². The molecule has 0 aromatic carbocycles. The normalized spacial score (nSPS) is 21.0. The standard InChI is InChI=1S/C18H26N4O/c1-11(2)22(12(3)4)21-10-14-9-16(23)20-13(5)17(14)15-7-6-8-19-18(15)21/h6-8,11-13H,9-10H2,1-5H3,(H,20,23). The Morgan fingerprint density at radius 2 is 2.00 bits per heavy atom. The van der Waals surface area contributed by atoms with Gasteiger partial charge in [-0.2, -0.15) is 0 Å². The number of rotatable bonds is 3. The Morgan fingerprint density at radius 3 is 2.65 bits per heavy atom. The second kappa shape index (κ2) is 5.96. The van der Waals surface area contributed by atoms with E-state index in [0.717, 1.165) is 17.9 Å². The summed E-state index contributed by atoms with van der Waals surface area (Å²) in [6, 6.07) is 4.87. The Morgan fingerprint density at radius 1 is 1.30 bits per heavy atom. The zero-order valence-corrected chi connectivity index (χ0v) is 14.6. The number of hydrogen-bond acceptors (Lipinski definition) is 4. The van der Waals surface area contributed by atoms with Crippen LogP contribution in [0.15, 0.2) is 23.9 Å². The van der Waals surface area contributed by atoms with Crippen molar-refractivity contribution < 1.29 is 4.79 Å². The summed E-state index contributed by atoms with van der Waals surface area (Å²) in [5.74, 6) is 1.11. The third-order valence-corrected chi connectivity index (χ3v) is 4.56. The molecular formula is C18H26N4O. The van der Waals surface area contributed by atoms with Crippen molar-refractivity contribution in [2.24, 2.45) is 0 Å². The Hall–Kier alpha value is -1.88. The highest BCUT2D eigenvalue weighted by molar-refractivity contribution is 5.93. The fraction of sp³-hybridized carbons (Fsp3) is 0.556. The summed E-state index contributed by atoms with van der Waals surface area (Å²) in [7, 11) is 0. The lowest BCUT2D eigenvalue weighted by Gasteiger charge is -2.46. The van der Waals surface area contributed by atoms with E-state index in [2.05, 4.69) is 61.0 Å². The second-order valence-electron chi connectivity index (χ2n) is 6.98. The molecule has 0 aliphatic carbocycles. The Kier molecular flexibility index (Phi) is 4.15. The first-order valence-corrected chi connectivity index (χ1v) is 8.42. The first kappa shape index (κ1) is 16.0. The van der Waals surface area contributed by atoms with Crippen molar-refractivity contribution in [3.63, 3.8) is 0 Å². The summed E-state index contributed by atoms with van der Waals surface area (Å²) in [5.41, 5.74) is 3.61. The lowest BCUT2D eigenvalue weighted by molar-refractivity contribution is -0.121. The maximum atomic E-state index is 12.0. The first-order valence-electron chi connectivity index (χ1n) is 8.42. The molecule has 5 heteroatoms. The monoisotopic (exact) mass is 314 g/mol. The number of carbonyl (C=O) groups is 1. The van der Waals surface area contributed by atoms with Gasteiger partial charge in [0.1, 0.15) is 0 Å². The molecule has 1 N–H and O–H groups in total. The van der Waals surface area contributed by atoms with Gasteiger partial charge >= 0.3 is 0 Å². The summed E-state index contributed by atoms with van der Waals surface area (Å²) < 4.78 is 0. The average molecular weight is 314 g/mol. The van der Waals surface area contributed by atoms with Crippen LogP contribution < -0.4 is 10.3 Å². The number of nitrogens with zero attached hydrogens (tertiary/aromatic N) is 3. The molecule has 0 bridgehead atoms. The molecule has 1 unspecified atom stereocenters. The van der Waals surface area contributed by atoms with Crippen LogP contribution in [0.1, 0.15) is 46.6 Å². The van der Waals surface area contributed by atoms with Gasteiger partial charge < -0.3 is 5.32 Å². The van der Waals surface area contributed by atoms with E-state index in [1.54, 1.807) is 0 Å². The molecule has 1 aromatic rings. The molecule has 0 spiro atoms. The first-order chi connectivity index (χ1) is 10.9. The largest absolute Gasteiger partial charge is 0.349 e. The molecule has 1 amide bonds. The second-order valence-corrected chi connectivity index (χ2v) is 6.98. The number of pyridine rings is 1. The fourth-order valence-electron chi connectivity index (χ4n) is 3.94. The molecule has 1 aromatic heterocycles. The average Bonchev–Trinajstić information content (AvgIpc) is 2.45. The Balaban J connectivity index is 2.12. The molecule has 0 fully saturated rings. The summed E-state index contributed by atoms with van der Waals surface area (Å²) in [4.78, 5) is 16.7. The van der Waals surface area contributed by atoms with E-state index in [9.17, 15) is 4.79 Å². The van der Waals surface area contributed by atoms with Crippen LogP contribution in [-0.2, 0) is 4.79 Å². The highest BCUT2D eigenvalue weighted by Gasteiger charge is 2.36. The van der Waals surface area contributed by atoms with Gasteiger partial charge in [0.15, 0.2) is 5.82 Å². The molecule has 3 heterocycles. The molecule has 23 heavy (non-hydrogen) atoms. The van der Waals surface area contributed by atoms with E-state index >= 15 is 0 Å². The SMILES string of the molecule is CC1NC(=O)CC2=C1c1cccnc1N(N(C(C)C)C(C)C)C2. The van der Waals surface area contributed by atoms with Gasteiger partial charge in [0.2, 0.25) is 5.91 Å². The van der Waals surface area contributed by atoms with Gasteiger partial charge in [0.25, 0.3) is 0 Å². The topological polar surface area (TPSA) is 48.5 Å². The lowest BCUT2D eigenvalue weighted by Crippen LogP contribution is -2.54. The number of hydrazine groups is 1. The van der Waals surface area contributed by atoms with Crippen LogP contribution in [0.4, 0.5) is 5.82 Å². The fourth-order valence-corrected chi connectivity index (χ4v) is 3.94. The van der Waals surface area contributed by atoms with E-state index < -0.39 is 0 Å². The zero-order valence-electron chi connectivity index (χ0n) is 14.6. The molecular weight excluding hydrogens is 288 g/mol. The van der Waals surface area contributed by atoms with Crippen molar-refractivity contribution in [1.29, 1.82) is 0 Å². The van der Waals surface area contributed by atoms with Gasteiger partial charge in [0, 0.05) is 23.8 Å². The third kappa shape index (κ3) is 2.74. The number of nitrogens with one attached hydrogen (secondary N) is 1. The molecule has 0 saturated heterocycles. The molecule has 2 aliphatic rings. The third-order valence-electron chi connectivity index (χ3n) is 4.56. The number of anilines is 1. The van der Waals surface area contributed by atoms with E-state index in [1.165, 1.54) is 11.1 Å². The van der Waals surface area contributed by atoms with Gasteiger partial charge in [-0.1, -0.05) is 0 Å². The van der Waals surface area contributed by atoms with Gasteiger partial charge in [-0.3, -0.25) is 9.80 Å². The van der Waals surface area contributed by atoms with Crippen LogP contribution in [0, 0.1) is 0 Å². The number of hydrogen-bond donors (Lipinski definition) is 1. The molecule has 0 saturated carbocycles. The van der Waals surface area contributed by atoms with Crippen LogP contribution in [0.3, 0.4) is 0 Å². The predicted molar refractivity (Wildman–Crippen MR) is 92.8 cm³/mol. The number of amides is 1. The smallest absolute Gasteiger partial charge is 0.224 e. The summed E-state index contributed by atoms with van der Waals surface area (Å²) in [6.07, 6.45) is 2.33. The Bertz CT molecular complexity index is 642. The number of fused-ring (bicyclic) bond motifs is 2. The highest BCUT2D eigenvalue weighted by atomic mass is 16.1. The van der Waals surface area contributed by atoms with Gasteiger partial charge in [-0.05, 0) is 57.9 Å². The number of aromatic nitrogens is 1. The molecule has 2 aliphatic heterocycles. The maximum absolute atomic E-state index is 12.0. The molecule has 1 atom stereocenters. The van der Waals surface area contributed by atoms with Crippen molar-refractivity contribution in [2.45, 2.75) is 59.2 Å². The lowest BCUT2D eigenvalue weighted by atomic mass is 9.87. The summed E-state index contributed by atoms with van der Waals surface area (Å²) in [6.45, 7) is 11.6. The van der Waals surface area contributed by atoms with Gasteiger partial charge in [0.05, 0.1) is 19.0 Å². The van der Waals surface area contributed by atoms with Crippen molar-refractivity contribution in [3.05, 3.63) is 29.5 Å². The Labute approximate surface area is 138 Å². The summed E-state index contributed by atoms with van der Waals surface area (Å²) in [5, 5.41) is 7.66. The minimum atomic E-state index is 0.0444. The van der Waals surface area contributed by atoms with Crippen LogP contribution in [0.2, 0.25) is 0 Å². The van der Waals surface area contributed by atoms with Gasteiger partial charge in [-0.15, -0.1) is 0 Å². The van der Waals surface area contributed by atoms with Crippen LogP contribution in [-0.4, -0.2) is 40.6 Å². The van der Waals surface area contributed by atoms with Crippen molar-refractivity contribution in [3.8, 4) is 0 Å². The van der Waals surface area contributed by atoms with Crippen molar-refractivity contribution in [1.82, 2.24) is 15.3 Å². The minimum Gasteiger partial charge on any atom is -0.349 e. The number of carbonyl (C=O) groups excluding carboxylic acids is 1. The van der Waals surface area contributed by atoms with Crippen LogP contribution in [0.5, 0.6) is 0 Å². The minimum absolute atomic E-state index is 0.0444. The molecule has 0 radical (unpaired) electrons. The quantitative estimate of drug-likeness (QED) is 0.931. The molecule has 124 valence electrons.